The summed E-state index contributed by atoms with van der Waals surface area (Å²) in [6.45, 7) is 1.29. The number of carbonyl (C=O) groups is 3. The molecule has 0 saturated carbocycles. The van der Waals surface area contributed by atoms with Crippen LogP contribution in [-0.2, 0) is 14.4 Å². The highest BCUT2D eigenvalue weighted by Crippen LogP contribution is 2.18. The highest BCUT2D eigenvalue weighted by atomic mass is 16.2. The maximum atomic E-state index is 12.0. The molecule has 0 radical (unpaired) electrons. The van der Waals surface area contributed by atoms with Crippen molar-refractivity contribution in [3.63, 3.8) is 0 Å². The number of hydrogen-bond donors (Lipinski definition) is 1. The van der Waals surface area contributed by atoms with Gasteiger partial charge >= 0.3 is 0 Å². The average molecular weight is 239 g/mol. The molecule has 0 spiro atoms. The molecular weight excluding hydrogens is 222 g/mol. The molecule has 3 amide bonds. The molecule has 2 fully saturated rings. The summed E-state index contributed by atoms with van der Waals surface area (Å²) in [5.74, 6) is -0.599. The van der Waals surface area contributed by atoms with Crippen LogP contribution in [0, 0.1) is 0 Å². The van der Waals surface area contributed by atoms with Gasteiger partial charge in [0, 0.05) is 19.5 Å². The van der Waals surface area contributed by atoms with Gasteiger partial charge in [-0.05, 0) is 19.3 Å². The van der Waals surface area contributed by atoms with Crippen LogP contribution in [0.5, 0.6) is 0 Å². The molecular formula is C11H17N3O3. The quantitative estimate of drug-likeness (QED) is 0.691. The fourth-order valence-electron chi connectivity index (χ4n) is 2.49. The van der Waals surface area contributed by atoms with Crippen LogP contribution < -0.4 is 5.73 Å². The Bertz CT molecular complexity index is 356. The Morgan fingerprint density at radius 3 is 2.65 bits per heavy atom. The third kappa shape index (κ3) is 2.40. The molecule has 0 aromatic rings. The predicted octanol–water partition coefficient (Wildman–Crippen LogP) is -0.915. The van der Waals surface area contributed by atoms with Gasteiger partial charge < -0.3 is 15.5 Å². The fourth-order valence-corrected chi connectivity index (χ4v) is 2.49. The van der Waals surface area contributed by atoms with Crippen molar-refractivity contribution in [3.8, 4) is 0 Å². The average Bonchev–Trinajstić information content (AvgIpc) is 2.87. The van der Waals surface area contributed by atoms with Crippen molar-refractivity contribution >= 4 is 17.7 Å². The summed E-state index contributed by atoms with van der Waals surface area (Å²) in [5, 5.41) is 0. The summed E-state index contributed by atoms with van der Waals surface area (Å²) in [4.78, 5) is 37.6. The molecule has 2 aliphatic heterocycles. The summed E-state index contributed by atoms with van der Waals surface area (Å²) in [5.41, 5.74) is 5.25. The second kappa shape index (κ2) is 4.73. The maximum Gasteiger partial charge on any atom is 0.242 e. The lowest BCUT2D eigenvalue weighted by atomic mass is 10.2. The number of rotatable bonds is 3. The van der Waals surface area contributed by atoms with Gasteiger partial charge in [0.2, 0.25) is 17.7 Å². The van der Waals surface area contributed by atoms with Crippen molar-refractivity contribution in [1.82, 2.24) is 9.80 Å². The Hall–Kier alpha value is -1.59. The van der Waals surface area contributed by atoms with Gasteiger partial charge in [0.1, 0.15) is 6.04 Å². The van der Waals surface area contributed by atoms with Crippen LogP contribution in [0.4, 0.5) is 0 Å². The van der Waals surface area contributed by atoms with Crippen molar-refractivity contribution in [1.29, 1.82) is 0 Å². The van der Waals surface area contributed by atoms with Crippen LogP contribution in [0.2, 0.25) is 0 Å². The Labute approximate surface area is 99.7 Å². The van der Waals surface area contributed by atoms with E-state index in [-0.39, 0.29) is 18.4 Å². The van der Waals surface area contributed by atoms with Gasteiger partial charge in [-0.15, -0.1) is 0 Å². The Morgan fingerprint density at radius 2 is 2.06 bits per heavy atom. The molecule has 6 heteroatoms. The summed E-state index contributed by atoms with van der Waals surface area (Å²) < 4.78 is 0. The van der Waals surface area contributed by atoms with E-state index in [2.05, 4.69) is 0 Å². The number of hydrogen-bond acceptors (Lipinski definition) is 3. The number of carbonyl (C=O) groups excluding carboxylic acids is 3. The molecule has 94 valence electrons. The third-order valence-electron chi connectivity index (χ3n) is 3.40. The third-order valence-corrected chi connectivity index (χ3v) is 3.40. The van der Waals surface area contributed by atoms with Gasteiger partial charge in [-0.1, -0.05) is 0 Å². The normalized spacial score (nSPS) is 24.5. The van der Waals surface area contributed by atoms with Gasteiger partial charge in [-0.25, -0.2) is 0 Å². The molecule has 2 aliphatic rings. The minimum atomic E-state index is -0.486. The first-order valence-corrected chi connectivity index (χ1v) is 5.96. The van der Waals surface area contributed by atoms with Gasteiger partial charge in [0.25, 0.3) is 0 Å². The van der Waals surface area contributed by atoms with E-state index in [0.29, 0.717) is 25.9 Å². The number of primary amides is 1. The zero-order chi connectivity index (χ0) is 12.4. The Kier molecular flexibility index (Phi) is 3.31. The lowest BCUT2D eigenvalue weighted by Gasteiger charge is -2.25. The molecule has 2 saturated heterocycles. The van der Waals surface area contributed by atoms with E-state index in [1.807, 2.05) is 0 Å². The van der Waals surface area contributed by atoms with Gasteiger partial charge in [0.05, 0.1) is 6.54 Å². The van der Waals surface area contributed by atoms with Gasteiger partial charge in [0.15, 0.2) is 0 Å². The van der Waals surface area contributed by atoms with Crippen molar-refractivity contribution in [2.24, 2.45) is 5.73 Å². The lowest BCUT2D eigenvalue weighted by molar-refractivity contribution is -0.141. The zero-order valence-electron chi connectivity index (χ0n) is 9.72. The van der Waals surface area contributed by atoms with E-state index >= 15 is 0 Å². The second-order valence-electron chi connectivity index (χ2n) is 4.57. The first-order valence-electron chi connectivity index (χ1n) is 5.96. The van der Waals surface area contributed by atoms with Gasteiger partial charge in [-0.2, -0.15) is 0 Å². The summed E-state index contributed by atoms with van der Waals surface area (Å²) in [7, 11) is 0. The van der Waals surface area contributed by atoms with E-state index in [1.54, 1.807) is 4.90 Å². The minimum Gasteiger partial charge on any atom is -0.368 e. The van der Waals surface area contributed by atoms with Crippen LogP contribution >= 0.6 is 0 Å². The first-order chi connectivity index (χ1) is 8.09. The number of nitrogens with zero attached hydrogens (tertiary/aromatic N) is 2. The van der Waals surface area contributed by atoms with Crippen LogP contribution in [-0.4, -0.2) is 53.2 Å². The van der Waals surface area contributed by atoms with E-state index in [1.165, 1.54) is 4.90 Å². The predicted molar refractivity (Wildman–Crippen MR) is 59.7 cm³/mol. The number of likely N-dealkylation sites (tertiary alicyclic amines) is 2. The van der Waals surface area contributed by atoms with E-state index < -0.39 is 11.9 Å². The standard InChI is InChI=1S/C11H17N3O3/c12-11(17)8-3-1-6-14(8)10(16)7-13-5-2-4-9(13)15/h8H,1-7H2,(H2,12,17). The lowest BCUT2D eigenvalue weighted by Crippen LogP contribution is -2.47. The molecule has 0 aromatic carbocycles. The van der Waals surface area contributed by atoms with Gasteiger partial charge in [-0.3, -0.25) is 14.4 Å². The maximum absolute atomic E-state index is 12.0. The van der Waals surface area contributed by atoms with Crippen LogP contribution in [0.3, 0.4) is 0 Å². The molecule has 1 unspecified atom stereocenters. The Morgan fingerprint density at radius 1 is 1.29 bits per heavy atom. The van der Waals surface area contributed by atoms with E-state index in [9.17, 15) is 14.4 Å². The molecule has 2 heterocycles. The fraction of sp³-hybridized carbons (Fsp3) is 0.727. The number of nitrogens with two attached hydrogens (primary N) is 1. The van der Waals surface area contributed by atoms with E-state index in [4.69, 9.17) is 5.73 Å². The molecule has 17 heavy (non-hydrogen) atoms. The van der Waals surface area contributed by atoms with Crippen LogP contribution in [0.15, 0.2) is 0 Å². The van der Waals surface area contributed by atoms with Crippen molar-refractivity contribution < 1.29 is 14.4 Å². The molecule has 6 nitrogen and oxygen atoms in total. The minimum absolute atomic E-state index is 0.0215. The van der Waals surface area contributed by atoms with Crippen molar-refractivity contribution in [2.45, 2.75) is 31.7 Å². The SMILES string of the molecule is NC(=O)C1CCCN1C(=O)CN1CCCC1=O. The van der Waals surface area contributed by atoms with Crippen LogP contribution in [0.1, 0.15) is 25.7 Å². The molecule has 0 bridgehead atoms. The first kappa shape index (κ1) is 11.9. The summed E-state index contributed by atoms with van der Waals surface area (Å²) >= 11 is 0. The highest BCUT2D eigenvalue weighted by Gasteiger charge is 2.34. The topological polar surface area (TPSA) is 83.7 Å². The summed E-state index contributed by atoms with van der Waals surface area (Å²) in [6, 6.07) is -0.486. The molecule has 0 aliphatic carbocycles. The summed E-state index contributed by atoms with van der Waals surface area (Å²) in [6.07, 6.45) is 2.76. The van der Waals surface area contributed by atoms with Crippen molar-refractivity contribution in [3.05, 3.63) is 0 Å². The largest absolute Gasteiger partial charge is 0.368 e. The van der Waals surface area contributed by atoms with E-state index in [0.717, 1.165) is 12.8 Å². The molecule has 1 atom stereocenters. The second-order valence-corrected chi connectivity index (χ2v) is 4.57. The molecule has 2 N–H and O–H groups in total. The van der Waals surface area contributed by atoms with Crippen molar-refractivity contribution in [2.75, 3.05) is 19.6 Å². The monoisotopic (exact) mass is 239 g/mol. The zero-order valence-corrected chi connectivity index (χ0v) is 9.72. The molecule has 0 aromatic heterocycles. The Balaban J connectivity index is 1.95. The smallest absolute Gasteiger partial charge is 0.242 e. The highest BCUT2D eigenvalue weighted by molar-refractivity contribution is 5.90. The molecule has 2 rings (SSSR count). The number of amides is 3. The van der Waals surface area contributed by atoms with Crippen LogP contribution in [0.25, 0.3) is 0 Å².